The number of fused-ring (bicyclic) bond motifs is 1. The van der Waals surface area contributed by atoms with E-state index >= 15 is 0 Å². The Morgan fingerprint density at radius 3 is 2.85 bits per heavy atom. The Bertz CT molecular complexity index is 1230. The van der Waals surface area contributed by atoms with Gasteiger partial charge >= 0.3 is 0 Å². The molecule has 1 amide bonds. The van der Waals surface area contributed by atoms with Crippen LogP contribution in [0.1, 0.15) is 24.0 Å². The lowest BCUT2D eigenvalue weighted by atomic mass is 9.97. The summed E-state index contributed by atoms with van der Waals surface area (Å²) < 4.78 is 7.06. The highest BCUT2D eigenvalue weighted by atomic mass is 32.1. The van der Waals surface area contributed by atoms with E-state index < -0.39 is 0 Å². The molecule has 0 radical (unpaired) electrons. The predicted molar refractivity (Wildman–Crippen MR) is 131 cm³/mol. The minimum Gasteiger partial charge on any atom is -0.497 e. The standard InChI is InChI=1S/C25H27N5O2S/c1-17-5-3-6-18(13-17)14-26-23(31)20-7-4-12-29(15-20)25-28-30-16-22(27-24(30)33-25)19-8-10-21(32-2)11-9-19/h3,5-6,8-11,13,16,20H,4,7,12,14-15H2,1-2H3,(H,26,31)/t20-/m1/s1. The van der Waals surface area contributed by atoms with E-state index in [-0.39, 0.29) is 11.8 Å². The lowest BCUT2D eigenvalue weighted by Crippen LogP contribution is -2.43. The number of amides is 1. The maximum absolute atomic E-state index is 12.8. The Labute approximate surface area is 197 Å². The number of ether oxygens (including phenoxy) is 1. The van der Waals surface area contributed by atoms with Gasteiger partial charge in [0.05, 0.1) is 24.9 Å². The topological polar surface area (TPSA) is 71.8 Å². The summed E-state index contributed by atoms with van der Waals surface area (Å²) in [4.78, 5) is 20.6. The number of methoxy groups -OCH3 is 1. The fourth-order valence-corrected chi connectivity index (χ4v) is 5.16. The van der Waals surface area contributed by atoms with Crippen molar-refractivity contribution in [3.8, 4) is 17.0 Å². The molecule has 8 heteroatoms. The molecule has 2 aromatic carbocycles. The van der Waals surface area contributed by atoms with Crippen molar-refractivity contribution in [1.82, 2.24) is 19.9 Å². The van der Waals surface area contributed by atoms with Gasteiger partial charge in [0, 0.05) is 25.2 Å². The first-order valence-electron chi connectivity index (χ1n) is 11.2. The first-order chi connectivity index (χ1) is 16.1. The predicted octanol–water partition coefficient (Wildman–Crippen LogP) is 4.31. The zero-order valence-electron chi connectivity index (χ0n) is 18.8. The lowest BCUT2D eigenvalue weighted by molar-refractivity contribution is -0.125. The van der Waals surface area contributed by atoms with Gasteiger partial charge in [-0.2, -0.15) is 0 Å². The number of imidazole rings is 1. The molecule has 0 saturated carbocycles. The first-order valence-corrected chi connectivity index (χ1v) is 12.0. The van der Waals surface area contributed by atoms with Crippen LogP contribution in [0, 0.1) is 12.8 Å². The second-order valence-corrected chi connectivity index (χ2v) is 9.39. The summed E-state index contributed by atoms with van der Waals surface area (Å²) in [6.07, 6.45) is 3.83. The minimum absolute atomic E-state index is 0.0327. The summed E-state index contributed by atoms with van der Waals surface area (Å²) in [5.41, 5.74) is 4.24. The SMILES string of the molecule is COc1ccc(-c2cn3nc(N4CCC[C@@H](C(=O)NCc5cccc(C)c5)C4)sc3n2)cc1. The van der Waals surface area contributed by atoms with Crippen LogP contribution < -0.4 is 15.0 Å². The second-order valence-electron chi connectivity index (χ2n) is 8.46. The van der Waals surface area contributed by atoms with Gasteiger partial charge in [-0.25, -0.2) is 9.50 Å². The van der Waals surface area contributed by atoms with Crippen LogP contribution in [0.2, 0.25) is 0 Å². The van der Waals surface area contributed by atoms with Crippen LogP contribution in [0.3, 0.4) is 0 Å². The lowest BCUT2D eigenvalue weighted by Gasteiger charge is -2.31. The number of nitrogens with one attached hydrogen (secondary N) is 1. The van der Waals surface area contributed by atoms with Gasteiger partial charge in [0.25, 0.3) is 0 Å². The largest absolute Gasteiger partial charge is 0.497 e. The average Bonchev–Trinajstić information content (AvgIpc) is 3.42. The third-order valence-corrected chi connectivity index (χ3v) is 7.01. The van der Waals surface area contributed by atoms with Gasteiger partial charge in [0.1, 0.15) is 5.75 Å². The molecule has 0 bridgehead atoms. The smallest absolute Gasteiger partial charge is 0.225 e. The van der Waals surface area contributed by atoms with Crippen molar-refractivity contribution in [1.29, 1.82) is 0 Å². The number of nitrogens with zero attached hydrogens (tertiary/aromatic N) is 4. The van der Waals surface area contributed by atoms with Crippen LogP contribution in [-0.4, -0.2) is 40.7 Å². The van der Waals surface area contributed by atoms with Crippen molar-refractivity contribution in [3.63, 3.8) is 0 Å². The van der Waals surface area contributed by atoms with Crippen molar-refractivity contribution in [2.24, 2.45) is 5.92 Å². The number of benzene rings is 2. The summed E-state index contributed by atoms with van der Waals surface area (Å²) in [6, 6.07) is 16.1. The normalized spacial score (nSPS) is 16.2. The highest BCUT2D eigenvalue weighted by Crippen LogP contribution is 2.30. The fourth-order valence-electron chi connectivity index (χ4n) is 4.24. The molecular formula is C25H27N5O2S. The molecule has 1 aliphatic rings. The molecule has 2 aromatic heterocycles. The molecule has 170 valence electrons. The molecule has 1 N–H and O–H groups in total. The Balaban J connectivity index is 1.24. The summed E-state index contributed by atoms with van der Waals surface area (Å²) in [6.45, 7) is 4.22. The summed E-state index contributed by atoms with van der Waals surface area (Å²) >= 11 is 1.56. The molecule has 0 aliphatic carbocycles. The Morgan fingerprint density at radius 2 is 2.09 bits per heavy atom. The fraction of sp³-hybridized carbons (Fsp3) is 0.320. The molecule has 1 atom stereocenters. The highest BCUT2D eigenvalue weighted by Gasteiger charge is 2.27. The zero-order valence-corrected chi connectivity index (χ0v) is 19.6. The molecule has 1 saturated heterocycles. The van der Waals surface area contributed by atoms with Crippen molar-refractivity contribution in [2.75, 3.05) is 25.1 Å². The highest BCUT2D eigenvalue weighted by molar-refractivity contribution is 7.20. The van der Waals surface area contributed by atoms with E-state index in [0.29, 0.717) is 13.1 Å². The minimum atomic E-state index is -0.0327. The number of rotatable bonds is 6. The van der Waals surface area contributed by atoms with Crippen LogP contribution in [0.5, 0.6) is 5.75 Å². The van der Waals surface area contributed by atoms with Gasteiger partial charge in [-0.15, -0.1) is 5.10 Å². The molecule has 1 fully saturated rings. The number of carbonyl (C=O) groups is 1. The third kappa shape index (κ3) is 4.71. The monoisotopic (exact) mass is 461 g/mol. The van der Waals surface area contributed by atoms with Crippen LogP contribution in [0.4, 0.5) is 5.13 Å². The van der Waals surface area contributed by atoms with Crippen LogP contribution in [-0.2, 0) is 11.3 Å². The maximum atomic E-state index is 12.8. The van der Waals surface area contributed by atoms with E-state index in [2.05, 4.69) is 29.3 Å². The molecule has 0 spiro atoms. The molecule has 0 unspecified atom stereocenters. The first kappa shape index (κ1) is 21.5. The summed E-state index contributed by atoms with van der Waals surface area (Å²) in [7, 11) is 1.66. The molecule has 5 rings (SSSR count). The van der Waals surface area contributed by atoms with Crippen LogP contribution in [0.15, 0.2) is 54.7 Å². The van der Waals surface area contributed by atoms with Crippen molar-refractivity contribution in [2.45, 2.75) is 26.3 Å². The van der Waals surface area contributed by atoms with Crippen molar-refractivity contribution < 1.29 is 9.53 Å². The summed E-state index contributed by atoms with van der Waals surface area (Å²) in [5.74, 6) is 0.904. The maximum Gasteiger partial charge on any atom is 0.225 e. The van der Waals surface area contributed by atoms with Crippen molar-refractivity contribution >= 4 is 27.3 Å². The number of piperidine rings is 1. The van der Waals surface area contributed by atoms with Crippen LogP contribution >= 0.6 is 11.3 Å². The van der Waals surface area contributed by atoms with Gasteiger partial charge < -0.3 is 15.0 Å². The van der Waals surface area contributed by atoms with E-state index in [1.807, 2.05) is 47.1 Å². The van der Waals surface area contributed by atoms with Gasteiger partial charge in [-0.1, -0.05) is 41.2 Å². The molecule has 33 heavy (non-hydrogen) atoms. The number of aromatic nitrogens is 3. The average molecular weight is 462 g/mol. The molecule has 7 nitrogen and oxygen atoms in total. The number of aryl methyl sites for hydroxylation is 1. The number of anilines is 1. The number of hydrogen-bond donors (Lipinski definition) is 1. The molecule has 3 heterocycles. The molecule has 1 aliphatic heterocycles. The number of hydrogen-bond acceptors (Lipinski definition) is 6. The molecule has 4 aromatic rings. The van der Waals surface area contributed by atoms with E-state index in [9.17, 15) is 4.79 Å². The second kappa shape index (κ2) is 9.23. The van der Waals surface area contributed by atoms with Crippen molar-refractivity contribution in [3.05, 3.63) is 65.9 Å². The van der Waals surface area contributed by atoms with Gasteiger partial charge in [0.15, 0.2) is 0 Å². The Morgan fingerprint density at radius 1 is 1.24 bits per heavy atom. The van der Waals surface area contributed by atoms with E-state index in [1.165, 1.54) is 5.56 Å². The van der Waals surface area contributed by atoms with Crippen LogP contribution in [0.25, 0.3) is 16.2 Å². The molecular weight excluding hydrogens is 434 g/mol. The van der Waals surface area contributed by atoms with E-state index in [1.54, 1.807) is 18.4 Å². The van der Waals surface area contributed by atoms with E-state index in [4.69, 9.17) is 14.8 Å². The van der Waals surface area contributed by atoms with Gasteiger partial charge in [-0.3, -0.25) is 4.79 Å². The Kier molecular flexibility index (Phi) is 6.00. The van der Waals surface area contributed by atoms with Gasteiger partial charge in [0.2, 0.25) is 16.0 Å². The quantitative estimate of drug-likeness (QED) is 0.463. The number of carbonyl (C=O) groups excluding carboxylic acids is 1. The third-order valence-electron chi connectivity index (χ3n) is 6.03. The summed E-state index contributed by atoms with van der Waals surface area (Å²) in [5, 5.41) is 8.78. The van der Waals surface area contributed by atoms with Gasteiger partial charge in [-0.05, 0) is 49.6 Å². The van der Waals surface area contributed by atoms with E-state index in [0.717, 1.165) is 52.0 Å². The zero-order chi connectivity index (χ0) is 22.8. The Hall–Kier alpha value is -3.39.